The summed E-state index contributed by atoms with van der Waals surface area (Å²) in [6.45, 7) is 0.938. The highest BCUT2D eigenvalue weighted by atomic mass is 16.1. The first-order chi connectivity index (χ1) is 14.3. The Morgan fingerprint density at radius 3 is 2.07 bits per heavy atom. The number of rotatable bonds is 0. The topological polar surface area (TPSA) is 44.9 Å². The Hall–Kier alpha value is -3.85. The van der Waals surface area contributed by atoms with E-state index in [0.717, 1.165) is 28.2 Å². The second kappa shape index (κ2) is 7.28. The molecule has 0 spiro atoms. The third kappa shape index (κ3) is 3.17. The van der Waals surface area contributed by atoms with E-state index < -0.39 is 0 Å². The molecule has 4 aromatic carbocycles. The molecule has 2 heterocycles. The van der Waals surface area contributed by atoms with E-state index in [-0.39, 0.29) is 5.56 Å². The molecule has 5 aromatic rings. The third-order valence-electron chi connectivity index (χ3n) is 5.34. The fourth-order valence-electron chi connectivity index (χ4n) is 3.93. The summed E-state index contributed by atoms with van der Waals surface area (Å²) in [4.78, 5) is 14.6. The van der Waals surface area contributed by atoms with Gasteiger partial charge in [0.2, 0.25) is 0 Å². The van der Waals surface area contributed by atoms with Crippen molar-refractivity contribution in [2.24, 2.45) is 0 Å². The smallest absolute Gasteiger partial charge is 0.256 e. The molecule has 0 saturated carbocycles. The van der Waals surface area contributed by atoms with E-state index in [0.29, 0.717) is 0 Å². The van der Waals surface area contributed by atoms with Gasteiger partial charge < -0.3 is 10.3 Å². The second-order valence-electron chi connectivity index (χ2n) is 7.10. The standard InChI is InChI=1S/C13H9NO.C13H11N/c15-13-11-7-2-1-5-9(11)10-6-3-4-8-12(10)14-13;1-2-6-11-10(5-1)9-14-13-8-4-3-7-12(11)13/h1-8H,(H,14,15);1-8,14H,9H2. The van der Waals surface area contributed by atoms with Crippen LogP contribution >= 0.6 is 0 Å². The van der Waals surface area contributed by atoms with Crippen molar-refractivity contribution in [3.63, 3.8) is 0 Å². The zero-order valence-corrected chi connectivity index (χ0v) is 15.9. The third-order valence-corrected chi connectivity index (χ3v) is 5.34. The van der Waals surface area contributed by atoms with Gasteiger partial charge >= 0.3 is 0 Å². The highest BCUT2D eigenvalue weighted by molar-refractivity contribution is 6.05. The van der Waals surface area contributed by atoms with Crippen molar-refractivity contribution in [1.29, 1.82) is 0 Å². The number of aromatic amines is 1. The van der Waals surface area contributed by atoms with Crippen molar-refractivity contribution in [3.8, 4) is 11.1 Å². The summed E-state index contributed by atoms with van der Waals surface area (Å²) in [6, 6.07) is 32.5. The number of pyridine rings is 1. The van der Waals surface area contributed by atoms with Crippen LogP contribution in [-0.4, -0.2) is 4.98 Å². The predicted molar refractivity (Wildman–Crippen MR) is 121 cm³/mol. The van der Waals surface area contributed by atoms with E-state index in [1.54, 1.807) is 0 Å². The number of nitrogens with one attached hydrogen (secondary N) is 2. The second-order valence-corrected chi connectivity index (χ2v) is 7.10. The average molecular weight is 376 g/mol. The largest absolute Gasteiger partial charge is 0.380 e. The van der Waals surface area contributed by atoms with Gasteiger partial charge in [0, 0.05) is 34.1 Å². The number of hydrogen-bond acceptors (Lipinski definition) is 2. The van der Waals surface area contributed by atoms with Gasteiger partial charge in [0.15, 0.2) is 0 Å². The molecule has 0 bridgehead atoms. The molecule has 1 aromatic heterocycles. The van der Waals surface area contributed by atoms with Crippen LogP contribution in [0.5, 0.6) is 0 Å². The number of hydrogen-bond donors (Lipinski definition) is 2. The van der Waals surface area contributed by atoms with Crippen LogP contribution in [0.1, 0.15) is 5.56 Å². The van der Waals surface area contributed by atoms with Gasteiger partial charge in [-0.3, -0.25) is 4.79 Å². The quantitative estimate of drug-likeness (QED) is 0.328. The molecule has 3 nitrogen and oxygen atoms in total. The fourth-order valence-corrected chi connectivity index (χ4v) is 3.93. The SMILES string of the molecule is O=c1[nH]c2ccccc2c2ccccc12.c1ccc2c(c1)CNc1ccccc1-2. The molecule has 2 N–H and O–H groups in total. The monoisotopic (exact) mass is 376 g/mol. The zero-order valence-electron chi connectivity index (χ0n) is 15.9. The van der Waals surface area contributed by atoms with E-state index in [1.807, 2.05) is 48.5 Å². The average Bonchev–Trinajstić information content (AvgIpc) is 2.80. The molecule has 0 fully saturated rings. The number of anilines is 1. The van der Waals surface area contributed by atoms with Gasteiger partial charge in [0.25, 0.3) is 5.56 Å². The minimum Gasteiger partial charge on any atom is -0.380 e. The van der Waals surface area contributed by atoms with E-state index in [2.05, 4.69) is 58.8 Å². The van der Waals surface area contributed by atoms with Crippen molar-refractivity contribution in [3.05, 3.63) is 113 Å². The maximum atomic E-state index is 11.7. The number of benzene rings is 4. The van der Waals surface area contributed by atoms with E-state index >= 15 is 0 Å². The number of para-hydroxylation sites is 2. The summed E-state index contributed by atoms with van der Waals surface area (Å²) >= 11 is 0. The summed E-state index contributed by atoms with van der Waals surface area (Å²) in [5.74, 6) is 0. The Morgan fingerprint density at radius 2 is 1.21 bits per heavy atom. The van der Waals surface area contributed by atoms with Crippen molar-refractivity contribution in [2.45, 2.75) is 6.54 Å². The molecule has 0 atom stereocenters. The summed E-state index contributed by atoms with van der Waals surface area (Å²) in [6.07, 6.45) is 0. The lowest BCUT2D eigenvalue weighted by Crippen LogP contribution is -2.07. The summed E-state index contributed by atoms with van der Waals surface area (Å²) in [5, 5.41) is 6.27. The van der Waals surface area contributed by atoms with E-state index in [9.17, 15) is 4.79 Å². The maximum Gasteiger partial charge on any atom is 0.256 e. The Bertz CT molecular complexity index is 1340. The molecule has 6 rings (SSSR count). The van der Waals surface area contributed by atoms with Crippen LogP contribution in [0.4, 0.5) is 5.69 Å². The number of H-pyrrole nitrogens is 1. The molecule has 0 aliphatic carbocycles. The first-order valence-corrected chi connectivity index (χ1v) is 9.72. The molecule has 1 aliphatic rings. The molecule has 3 heteroatoms. The summed E-state index contributed by atoms with van der Waals surface area (Å²) < 4.78 is 0. The Balaban J connectivity index is 0.000000125. The molecule has 0 unspecified atom stereocenters. The normalized spacial score (nSPS) is 11.7. The molecule has 0 saturated heterocycles. The van der Waals surface area contributed by atoms with Gasteiger partial charge in [0.1, 0.15) is 0 Å². The van der Waals surface area contributed by atoms with Crippen molar-refractivity contribution >= 4 is 27.4 Å². The highest BCUT2D eigenvalue weighted by Crippen LogP contribution is 2.34. The fraction of sp³-hybridized carbons (Fsp3) is 0.0385. The summed E-state index contributed by atoms with van der Waals surface area (Å²) in [5.41, 5.74) is 6.17. The van der Waals surface area contributed by atoms with Crippen LogP contribution in [0.3, 0.4) is 0 Å². The molecular formula is C26H20N2O. The van der Waals surface area contributed by atoms with Gasteiger partial charge in [-0.15, -0.1) is 0 Å². The van der Waals surface area contributed by atoms with Crippen molar-refractivity contribution in [2.75, 3.05) is 5.32 Å². The van der Waals surface area contributed by atoms with Crippen LogP contribution in [0, 0.1) is 0 Å². The van der Waals surface area contributed by atoms with Crippen molar-refractivity contribution in [1.82, 2.24) is 4.98 Å². The van der Waals surface area contributed by atoms with Crippen LogP contribution in [0.2, 0.25) is 0 Å². The minimum absolute atomic E-state index is 0.0238. The summed E-state index contributed by atoms with van der Waals surface area (Å²) in [7, 11) is 0. The molecule has 140 valence electrons. The van der Waals surface area contributed by atoms with Gasteiger partial charge in [-0.2, -0.15) is 0 Å². The highest BCUT2D eigenvalue weighted by Gasteiger charge is 2.13. The van der Waals surface area contributed by atoms with Crippen LogP contribution in [-0.2, 0) is 6.54 Å². The first kappa shape index (κ1) is 17.3. The van der Waals surface area contributed by atoms with Gasteiger partial charge in [-0.05, 0) is 34.7 Å². The minimum atomic E-state index is -0.0238. The molecule has 1 aliphatic heterocycles. The van der Waals surface area contributed by atoms with E-state index in [4.69, 9.17) is 0 Å². The first-order valence-electron chi connectivity index (χ1n) is 9.72. The van der Waals surface area contributed by atoms with Crippen molar-refractivity contribution < 1.29 is 0 Å². The van der Waals surface area contributed by atoms with Gasteiger partial charge in [-0.25, -0.2) is 0 Å². The number of fused-ring (bicyclic) bond motifs is 6. The molecule has 29 heavy (non-hydrogen) atoms. The Labute approximate surface area is 168 Å². The lowest BCUT2D eigenvalue weighted by molar-refractivity contribution is 1.13. The van der Waals surface area contributed by atoms with Crippen LogP contribution in [0.15, 0.2) is 102 Å². The maximum absolute atomic E-state index is 11.7. The van der Waals surface area contributed by atoms with Gasteiger partial charge in [0.05, 0.1) is 0 Å². The molecule has 0 amide bonds. The zero-order chi connectivity index (χ0) is 19.6. The van der Waals surface area contributed by atoms with Crippen LogP contribution < -0.4 is 10.9 Å². The lowest BCUT2D eigenvalue weighted by Gasteiger charge is -2.20. The number of aromatic nitrogens is 1. The Kier molecular flexibility index (Phi) is 4.34. The molecular weight excluding hydrogens is 356 g/mol. The molecule has 0 radical (unpaired) electrons. The van der Waals surface area contributed by atoms with Crippen LogP contribution in [0.25, 0.3) is 32.8 Å². The lowest BCUT2D eigenvalue weighted by atomic mass is 9.95. The Morgan fingerprint density at radius 1 is 0.586 bits per heavy atom. The van der Waals surface area contributed by atoms with Gasteiger partial charge in [-0.1, -0.05) is 78.9 Å². The predicted octanol–water partition coefficient (Wildman–Crippen LogP) is 5.96. The van der Waals surface area contributed by atoms with E-state index in [1.165, 1.54) is 22.4 Å².